The number of nitrogens with one attached hydrogen (secondary N) is 1. The first-order valence-electron chi connectivity index (χ1n) is 15.6. The highest BCUT2D eigenvalue weighted by Crippen LogP contribution is 2.47. The molecule has 45 heavy (non-hydrogen) atoms. The summed E-state index contributed by atoms with van der Waals surface area (Å²) in [6, 6.07) is 8.69. The third-order valence-electron chi connectivity index (χ3n) is 9.59. The number of aromatic nitrogens is 3. The maximum atomic E-state index is 13.5. The Labute approximate surface area is 259 Å². The number of nitrogens with zero attached hydrogens (tertiary/aromatic N) is 5. The van der Waals surface area contributed by atoms with Crippen molar-refractivity contribution in [2.75, 3.05) is 11.4 Å². The molecule has 236 valence electrons. The van der Waals surface area contributed by atoms with E-state index in [4.69, 9.17) is 10.7 Å². The Balaban J connectivity index is 1.18. The molecule has 4 aliphatic rings. The van der Waals surface area contributed by atoms with E-state index < -0.39 is 23.3 Å². The van der Waals surface area contributed by atoms with E-state index in [1.165, 1.54) is 6.07 Å². The molecule has 2 saturated carbocycles. The van der Waals surface area contributed by atoms with Gasteiger partial charge < -0.3 is 16.0 Å². The van der Waals surface area contributed by atoms with Crippen LogP contribution in [0.3, 0.4) is 0 Å². The lowest BCUT2D eigenvalue weighted by molar-refractivity contribution is -0.141. The van der Waals surface area contributed by atoms with Crippen LogP contribution in [0.25, 0.3) is 11.1 Å². The molecule has 1 aromatic carbocycles. The van der Waals surface area contributed by atoms with Gasteiger partial charge in [-0.1, -0.05) is 12.1 Å². The summed E-state index contributed by atoms with van der Waals surface area (Å²) >= 11 is 0. The van der Waals surface area contributed by atoms with Gasteiger partial charge in [-0.3, -0.25) is 19.3 Å². The van der Waals surface area contributed by atoms with Crippen molar-refractivity contribution in [3.8, 4) is 11.1 Å². The second-order valence-electron chi connectivity index (χ2n) is 13.1. The van der Waals surface area contributed by atoms with E-state index in [1.54, 1.807) is 4.68 Å². The Kier molecular flexibility index (Phi) is 6.83. The number of benzene rings is 1. The number of hydrogen-bond acceptors (Lipinski definition) is 6. The quantitative estimate of drug-likeness (QED) is 0.381. The zero-order valence-corrected chi connectivity index (χ0v) is 25.5. The number of piperidine rings is 1. The SMILES string of the molecule is Cc1ccc(-c2c(C)nn(CC(N)=O)c2C2CC2)cc1N1CC[C@]2(C[C@@H]1C)N=C(c1ccc(C(F)(F)F)nc1C1CC1)NC2=O. The Hall–Kier alpha value is -4.22. The van der Waals surface area contributed by atoms with E-state index in [0.717, 1.165) is 65.5 Å². The van der Waals surface area contributed by atoms with Crippen LogP contribution in [0.15, 0.2) is 35.3 Å². The summed E-state index contributed by atoms with van der Waals surface area (Å²) in [4.78, 5) is 36.4. The second-order valence-corrected chi connectivity index (χ2v) is 13.1. The highest BCUT2D eigenvalue weighted by molar-refractivity contribution is 6.16. The minimum atomic E-state index is -4.54. The van der Waals surface area contributed by atoms with Crippen LogP contribution in [0.1, 0.15) is 91.2 Å². The number of hydrogen-bond donors (Lipinski definition) is 2. The van der Waals surface area contributed by atoms with Crippen LogP contribution in [-0.4, -0.2) is 50.5 Å². The fourth-order valence-electron chi connectivity index (χ4n) is 7.11. The lowest BCUT2D eigenvalue weighted by Crippen LogP contribution is -2.53. The summed E-state index contributed by atoms with van der Waals surface area (Å²) in [5.74, 6) is -0.0267. The van der Waals surface area contributed by atoms with E-state index in [9.17, 15) is 22.8 Å². The largest absolute Gasteiger partial charge is 0.433 e. The summed E-state index contributed by atoms with van der Waals surface area (Å²) in [5, 5.41) is 7.58. The number of amides is 2. The molecule has 2 aliphatic carbocycles. The Bertz CT molecular complexity index is 1760. The number of alkyl halides is 3. The number of pyridine rings is 1. The van der Waals surface area contributed by atoms with E-state index in [0.29, 0.717) is 42.4 Å². The smallest absolute Gasteiger partial charge is 0.368 e. The minimum Gasteiger partial charge on any atom is -0.368 e. The molecule has 9 nitrogen and oxygen atoms in total. The molecular weight excluding hydrogens is 583 g/mol. The third-order valence-corrected chi connectivity index (χ3v) is 9.59. The highest BCUT2D eigenvalue weighted by Gasteiger charge is 2.49. The number of nitrogens with two attached hydrogens (primary N) is 1. The number of aliphatic imine (C=N–C) groups is 1. The molecule has 2 aliphatic heterocycles. The Morgan fingerprint density at radius 2 is 1.84 bits per heavy atom. The predicted octanol–water partition coefficient (Wildman–Crippen LogP) is 5.12. The first kappa shape index (κ1) is 29.5. The van der Waals surface area contributed by atoms with Gasteiger partial charge in [0.25, 0.3) is 5.91 Å². The van der Waals surface area contributed by atoms with Crippen LogP contribution >= 0.6 is 0 Å². The number of carbonyl (C=O) groups excluding carboxylic acids is 2. The first-order chi connectivity index (χ1) is 21.3. The van der Waals surface area contributed by atoms with E-state index in [2.05, 4.69) is 52.3 Å². The van der Waals surface area contributed by atoms with Crippen molar-refractivity contribution in [1.29, 1.82) is 0 Å². The first-order valence-corrected chi connectivity index (χ1v) is 15.6. The number of carbonyl (C=O) groups is 2. The van der Waals surface area contributed by atoms with Crippen molar-refractivity contribution in [3.63, 3.8) is 0 Å². The lowest BCUT2D eigenvalue weighted by atomic mass is 9.83. The molecule has 3 N–H and O–H groups in total. The zero-order valence-electron chi connectivity index (χ0n) is 25.5. The van der Waals surface area contributed by atoms with Crippen LogP contribution in [0.2, 0.25) is 0 Å². The van der Waals surface area contributed by atoms with Crippen molar-refractivity contribution < 1.29 is 22.8 Å². The number of primary amides is 1. The topological polar surface area (TPSA) is 118 Å². The van der Waals surface area contributed by atoms with Crippen molar-refractivity contribution >= 4 is 23.3 Å². The van der Waals surface area contributed by atoms with Crippen molar-refractivity contribution in [2.24, 2.45) is 10.7 Å². The van der Waals surface area contributed by atoms with Gasteiger partial charge >= 0.3 is 6.18 Å². The van der Waals surface area contributed by atoms with Gasteiger partial charge in [-0.25, -0.2) is 4.98 Å². The van der Waals surface area contributed by atoms with Gasteiger partial charge in [0, 0.05) is 47.7 Å². The molecule has 0 unspecified atom stereocenters. The number of aryl methyl sites for hydroxylation is 2. The van der Waals surface area contributed by atoms with E-state index in [-0.39, 0.29) is 24.4 Å². The average molecular weight is 620 g/mol. The molecule has 0 radical (unpaired) electrons. The molecule has 0 bridgehead atoms. The summed E-state index contributed by atoms with van der Waals surface area (Å²) in [6.07, 6.45) is 0.0291. The molecular formula is C33H36F3N7O2. The molecule has 7 rings (SSSR count). The maximum absolute atomic E-state index is 13.5. The van der Waals surface area contributed by atoms with Crippen molar-refractivity contribution in [2.45, 2.75) is 95.4 Å². The summed E-state index contributed by atoms with van der Waals surface area (Å²) < 4.78 is 42.0. The molecule has 2 amide bonds. The fourth-order valence-corrected chi connectivity index (χ4v) is 7.11. The van der Waals surface area contributed by atoms with Crippen LogP contribution < -0.4 is 16.0 Å². The van der Waals surface area contributed by atoms with Crippen LogP contribution in [-0.2, 0) is 22.3 Å². The van der Waals surface area contributed by atoms with Crippen LogP contribution in [0, 0.1) is 13.8 Å². The van der Waals surface area contributed by atoms with Crippen LogP contribution in [0.4, 0.5) is 18.9 Å². The van der Waals surface area contributed by atoms with Crippen LogP contribution in [0.5, 0.6) is 0 Å². The lowest BCUT2D eigenvalue weighted by Gasteiger charge is -2.42. The number of amidine groups is 1. The van der Waals surface area contributed by atoms with Crippen molar-refractivity contribution in [1.82, 2.24) is 20.1 Å². The number of rotatable bonds is 7. The minimum absolute atomic E-state index is 0.0447. The van der Waals surface area contributed by atoms with Gasteiger partial charge in [0.2, 0.25) is 5.91 Å². The highest BCUT2D eigenvalue weighted by atomic mass is 19.4. The maximum Gasteiger partial charge on any atom is 0.433 e. The van der Waals surface area contributed by atoms with Crippen molar-refractivity contribution in [3.05, 3.63) is 64.2 Å². The molecule has 4 heterocycles. The standard InChI is InChI=1S/C33H36F3N7O2/c1-17-4-5-22(27-19(3)41-43(16-26(37)44)29(27)21-8-9-21)14-24(17)42-13-12-32(15-18(42)2)31(45)39-30(40-32)23-10-11-25(33(34,35)36)38-28(23)20-6-7-20/h4-5,10-11,14,18,20-21H,6-9,12-13,15-16H2,1-3H3,(H2,37,44)(H,39,40,45)/t18-,32+/m0/s1. The normalized spacial score (nSPS) is 23.4. The number of anilines is 1. The van der Waals surface area contributed by atoms with Gasteiger partial charge in [-0.15, -0.1) is 0 Å². The van der Waals surface area contributed by atoms with E-state index in [1.807, 2.05) is 6.92 Å². The molecule has 1 saturated heterocycles. The molecule has 3 aromatic rings. The predicted molar refractivity (Wildman–Crippen MR) is 163 cm³/mol. The zero-order chi connectivity index (χ0) is 31.8. The third kappa shape index (κ3) is 5.27. The van der Waals surface area contributed by atoms with Gasteiger partial charge in [0.15, 0.2) is 0 Å². The molecule has 12 heteroatoms. The Morgan fingerprint density at radius 1 is 1.11 bits per heavy atom. The summed E-state index contributed by atoms with van der Waals surface area (Å²) in [7, 11) is 0. The fraction of sp³-hybridized carbons (Fsp3) is 0.485. The van der Waals surface area contributed by atoms with E-state index >= 15 is 0 Å². The monoisotopic (exact) mass is 619 g/mol. The molecule has 2 aromatic heterocycles. The molecule has 1 spiro atoms. The van der Waals surface area contributed by atoms with Gasteiger partial charge in [-0.05, 0) is 82.2 Å². The average Bonchev–Trinajstić information content (AvgIpc) is 3.90. The summed E-state index contributed by atoms with van der Waals surface area (Å²) in [5.41, 5.74) is 10.6. The number of halogens is 3. The summed E-state index contributed by atoms with van der Waals surface area (Å²) in [6.45, 7) is 6.73. The molecule has 2 atom stereocenters. The van der Waals surface area contributed by atoms with Gasteiger partial charge in [-0.2, -0.15) is 18.3 Å². The van der Waals surface area contributed by atoms with Gasteiger partial charge in [0.05, 0.1) is 17.1 Å². The Morgan fingerprint density at radius 3 is 2.49 bits per heavy atom. The second kappa shape index (κ2) is 10.4. The molecule has 3 fully saturated rings. The van der Waals surface area contributed by atoms with Gasteiger partial charge in [0.1, 0.15) is 23.6 Å².